The minimum Gasteiger partial charge on any atom is -0.485 e. The molecule has 0 bridgehead atoms. The van der Waals surface area contributed by atoms with E-state index in [9.17, 15) is 9.59 Å². The van der Waals surface area contributed by atoms with Gasteiger partial charge >= 0.3 is 0 Å². The van der Waals surface area contributed by atoms with E-state index in [-0.39, 0.29) is 42.3 Å². The summed E-state index contributed by atoms with van der Waals surface area (Å²) in [5.74, 6) is 0.637. The van der Waals surface area contributed by atoms with Crippen molar-refractivity contribution in [2.45, 2.75) is 39.4 Å². The predicted octanol–water partition coefficient (Wildman–Crippen LogP) is 8.99. The van der Waals surface area contributed by atoms with Gasteiger partial charge in [0.25, 0.3) is 0 Å². The van der Waals surface area contributed by atoms with Crippen LogP contribution in [0.4, 0.5) is 5.69 Å². The first-order chi connectivity index (χ1) is 27.4. The summed E-state index contributed by atoms with van der Waals surface area (Å²) in [6.07, 6.45) is 0. The van der Waals surface area contributed by atoms with Gasteiger partial charge in [-0.3, -0.25) is 9.59 Å². The molecular formula is C47H42N2O7. The lowest BCUT2D eigenvalue weighted by Crippen LogP contribution is -2.39. The van der Waals surface area contributed by atoms with E-state index in [2.05, 4.69) is 5.32 Å². The summed E-state index contributed by atoms with van der Waals surface area (Å²) < 4.78 is 31.3. The third-order valence-corrected chi connectivity index (χ3v) is 9.00. The van der Waals surface area contributed by atoms with E-state index in [1.165, 1.54) is 0 Å². The van der Waals surface area contributed by atoms with E-state index in [0.29, 0.717) is 36.0 Å². The van der Waals surface area contributed by atoms with Crippen molar-refractivity contribution in [1.82, 2.24) is 0 Å². The molecule has 0 aliphatic heterocycles. The van der Waals surface area contributed by atoms with E-state index in [1.54, 1.807) is 30.3 Å². The van der Waals surface area contributed by atoms with Gasteiger partial charge in [-0.25, -0.2) is 0 Å². The number of nitrogens with two attached hydrogens (primary N) is 1. The third-order valence-electron chi connectivity index (χ3n) is 9.00. The number of nitrogens with one attached hydrogen (secondary N) is 1. The first kappa shape index (κ1) is 37.6. The Balaban J connectivity index is 1.25. The second-order valence-corrected chi connectivity index (χ2v) is 13.4. The van der Waals surface area contributed by atoms with Crippen LogP contribution >= 0.6 is 0 Å². The molecule has 1 aromatic heterocycles. The molecule has 0 fully saturated rings. The van der Waals surface area contributed by atoms with Gasteiger partial charge in [-0.15, -0.1) is 0 Å². The number of ether oxygens (including phenoxy) is 4. The number of carbonyl (C=O) groups is 1. The Labute approximate surface area is 325 Å². The van der Waals surface area contributed by atoms with Crippen LogP contribution in [0.1, 0.15) is 27.8 Å². The first-order valence-electron chi connectivity index (χ1n) is 18.4. The standard InChI is InChI=1S/C47H42N2O7/c1-32-24-38-43(50)46(55-30-36-20-12-5-13-21-36)44(56-45(38)40(25-32)49-47(51)39(48)31-52-27-33-14-6-2-7-15-33)37-22-23-41(53-28-34-16-8-3-9-17-34)42(26-37)54-29-35-18-10-4-11-19-35/h2-26,39H,27-31,48H2,1H3,(H,49,51)/t39-/m0/s1. The summed E-state index contributed by atoms with van der Waals surface area (Å²) in [4.78, 5) is 27.9. The molecule has 0 radical (unpaired) electrons. The average molecular weight is 747 g/mol. The van der Waals surface area contributed by atoms with Crippen molar-refractivity contribution in [2.75, 3.05) is 11.9 Å². The van der Waals surface area contributed by atoms with Crippen LogP contribution in [-0.4, -0.2) is 18.6 Å². The summed E-state index contributed by atoms with van der Waals surface area (Å²) in [6, 6.07) is 46.7. The van der Waals surface area contributed by atoms with Crippen molar-refractivity contribution in [3.63, 3.8) is 0 Å². The van der Waals surface area contributed by atoms with Crippen LogP contribution in [0.15, 0.2) is 161 Å². The Morgan fingerprint density at radius 3 is 1.73 bits per heavy atom. The molecule has 282 valence electrons. The number of hydrogen-bond donors (Lipinski definition) is 2. The molecule has 3 N–H and O–H groups in total. The summed E-state index contributed by atoms with van der Waals surface area (Å²) in [6.45, 7) is 2.84. The van der Waals surface area contributed by atoms with E-state index >= 15 is 0 Å². The SMILES string of the molecule is Cc1cc(NC(=O)[C@@H](N)COCc2ccccc2)c2oc(-c3ccc(OCc4ccccc4)c(OCc4ccccc4)c3)c(OCc3ccccc3)c(=O)c2c1. The maximum atomic E-state index is 14.5. The van der Waals surface area contributed by atoms with Gasteiger partial charge < -0.3 is 34.4 Å². The van der Waals surface area contributed by atoms with Gasteiger partial charge in [0.05, 0.1) is 24.3 Å². The monoisotopic (exact) mass is 746 g/mol. The molecule has 56 heavy (non-hydrogen) atoms. The summed E-state index contributed by atoms with van der Waals surface area (Å²) in [5.41, 5.74) is 11.4. The highest BCUT2D eigenvalue weighted by molar-refractivity contribution is 6.02. The molecule has 1 atom stereocenters. The number of hydrogen-bond acceptors (Lipinski definition) is 8. The molecule has 0 saturated heterocycles. The van der Waals surface area contributed by atoms with Gasteiger partial charge in [0.1, 0.15) is 25.9 Å². The molecule has 6 aromatic carbocycles. The van der Waals surface area contributed by atoms with Gasteiger partial charge in [0, 0.05) is 5.56 Å². The zero-order chi connectivity index (χ0) is 38.7. The Morgan fingerprint density at radius 2 is 1.16 bits per heavy atom. The Hall–Kier alpha value is -6.68. The van der Waals surface area contributed by atoms with Gasteiger partial charge in [0.15, 0.2) is 22.8 Å². The first-order valence-corrected chi connectivity index (χ1v) is 18.4. The number of carbonyl (C=O) groups excluding carboxylic acids is 1. The van der Waals surface area contributed by atoms with Crippen LogP contribution in [0.5, 0.6) is 17.2 Å². The molecule has 0 aliphatic rings. The van der Waals surface area contributed by atoms with Gasteiger partial charge in [-0.05, 0) is 65.1 Å². The minimum atomic E-state index is -0.985. The van der Waals surface area contributed by atoms with Crippen LogP contribution < -0.4 is 30.7 Å². The summed E-state index contributed by atoms with van der Waals surface area (Å²) in [5, 5.41) is 3.13. The van der Waals surface area contributed by atoms with Crippen LogP contribution in [0, 0.1) is 6.92 Å². The van der Waals surface area contributed by atoms with Gasteiger partial charge in [-0.2, -0.15) is 0 Å². The van der Waals surface area contributed by atoms with Crippen molar-refractivity contribution in [1.29, 1.82) is 0 Å². The third kappa shape index (κ3) is 9.51. The Morgan fingerprint density at radius 1 is 0.643 bits per heavy atom. The maximum absolute atomic E-state index is 14.5. The average Bonchev–Trinajstić information content (AvgIpc) is 3.23. The fraction of sp³-hybridized carbons (Fsp3) is 0.149. The van der Waals surface area contributed by atoms with Crippen molar-refractivity contribution in [2.24, 2.45) is 5.73 Å². The second kappa shape index (κ2) is 18.1. The van der Waals surface area contributed by atoms with Crippen LogP contribution in [0.3, 0.4) is 0 Å². The molecule has 9 nitrogen and oxygen atoms in total. The van der Waals surface area contributed by atoms with Gasteiger partial charge in [-0.1, -0.05) is 121 Å². The number of fused-ring (bicyclic) bond motifs is 1. The molecule has 0 spiro atoms. The number of amides is 1. The zero-order valence-electron chi connectivity index (χ0n) is 31.0. The smallest absolute Gasteiger partial charge is 0.243 e. The highest BCUT2D eigenvalue weighted by Crippen LogP contribution is 2.39. The molecular weight excluding hydrogens is 705 g/mol. The Kier molecular flexibility index (Phi) is 12.2. The van der Waals surface area contributed by atoms with Gasteiger partial charge in [0.2, 0.25) is 17.1 Å². The zero-order valence-corrected chi connectivity index (χ0v) is 31.0. The fourth-order valence-corrected chi connectivity index (χ4v) is 6.10. The van der Waals surface area contributed by atoms with E-state index in [0.717, 1.165) is 27.8 Å². The number of anilines is 1. The largest absolute Gasteiger partial charge is 0.485 e. The molecule has 0 aliphatic carbocycles. The van der Waals surface area contributed by atoms with Crippen molar-refractivity contribution in [3.05, 3.63) is 190 Å². The van der Waals surface area contributed by atoms with Crippen molar-refractivity contribution >= 4 is 22.6 Å². The Bertz CT molecular complexity index is 2440. The quantitative estimate of drug-likeness (QED) is 0.101. The second-order valence-electron chi connectivity index (χ2n) is 13.4. The molecule has 0 saturated carbocycles. The maximum Gasteiger partial charge on any atom is 0.243 e. The molecule has 1 amide bonds. The van der Waals surface area contributed by atoms with Crippen molar-refractivity contribution in [3.8, 4) is 28.6 Å². The number of aryl methyl sites for hydroxylation is 1. The lowest BCUT2D eigenvalue weighted by Gasteiger charge is -2.18. The van der Waals surface area contributed by atoms with E-state index in [1.807, 2.05) is 128 Å². The van der Waals surface area contributed by atoms with E-state index in [4.69, 9.17) is 29.1 Å². The molecule has 7 rings (SSSR count). The molecule has 9 heteroatoms. The molecule has 0 unspecified atom stereocenters. The number of benzene rings is 6. The molecule has 1 heterocycles. The summed E-state index contributed by atoms with van der Waals surface area (Å²) in [7, 11) is 0. The van der Waals surface area contributed by atoms with Crippen LogP contribution in [0.25, 0.3) is 22.3 Å². The van der Waals surface area contributed by atoms with Crippen LogP contribution in [0.2, 0.25) is 0 Å². The minimum absolute atomic E-state index is 0.0123. The highest BCUT2D eigenvalue weighted by atomic mass is 16.5. The lowest BCUT2D eigenvalue weighted by atomic mass is 10.1. The van der Waals surface area contributed by atoms with Crippen molar-refractivity contribution < 1.29 is 28.2 Å². The number of rotatable bonds is 16. The summed E-state index contributed by atoms with van der Waals surface area (Å²) >= 11 is 0. The topological polar surface area (TPSA) is 122 Å². The highest BCUT2D eigenvalue weighted by Gasteiger charge is 2.24. The normalized spacial score (nSPS) is 11.5. The lowest BCUT2D eigenvalue weighted by molar-refractivity contribution is -0.118. The van der Waals surface area contributed by atoms with E-state index < -0.39 is 17.4 Å². The fourth-order valence-electron chi connectivity index (χ4n) is 6.10. The predicted molar refractivity (Wildman–Crippen MR) is 218 cm³/mol. The molecule has 7 aromatic rings. The van der Waals surface area contributed by atoms with Crippen LogP contribution in [-0.2, 0) is 36.0 Å².